The Kier molecular flexibility index (Phi) is 2.22. The van der Waals surface area contributed by atoms with Crippen LogP contribution in [0.25, 0.3) is 11.2 Å². The van der Waals surface area contributed by atoms with Crippen molar-refractivity contribution in [3.8, 4) is 0 Å². The maximum atomic E-state index is 10.3. The number of aliphatic hydroxyl groups is 2. The van der Waals surface area contributed by atoms with Crippen LogP contribution in [0.4, 0.5) is 5.82 Å². The van der Waals surface area contributed by atoms with Crippen LogP contribution in [0.3, 0.4) is 0 Å². The van der Waals surface area contributed by atoms with Crippen molar-refractivity contribution in [1.29, 1.82) is 0 Å². The molecule has 2 unspecified atom stereocenters. The van der Waals surface area contributed by atoms with Crippen molar-refractivity contribution in [1.82, 2.24) is 19.5 Å². The third kappa shape index (κ3) is 1.28. The highest BCUT2D eigenvalue weighted by Gasteiger charge is 2.64. The Hall–Kier alpha value is -1.99. The van der Waals surface area contributed by atoms with Gasteiger partial charge in [-0.05, 0) is 0 Å². The largest absolute Gasteiger partial charge is 0.396 e. The first-order valence-corrected chi connectivity index (χ1v) is 6.55. The predicted octanol–water partition coefficient (Wildman–Crippen LogP) is -0.265. The van der Waals surface area contributed by atoms with Gasteiger partial charge >= 0.3 is 0 Å². The van der Waals surface area contributed by atoms with E-state index in [0.717, 1.165) is 5.57 Å². The Morgan fingerprint density at radius 3 is 2.80 bits per heavy atom. The first kappa shape index (κ1) is 11.8. The van der Waals surface area contributed by atoms with E-state index in [0.29, 0.717) is 17.0 Å². The minimum atomic E-state index is -0.556. The lowest BCUT2D eigenvalue weighted by atomic mass is 9.96. The molecule has 2 fully saturated rings. The molecule has 20 heavy (non-hydrogen) atoms. The van der Waals surface area contributed by atoms with E-state index in [1.165, 1.54) is 6.33 Å². The minimum Gasteiger partial charge on any atom is -0.396 e. The van der Waals surface area contributed by atoms with Crippen molar-refractivity contribution in [3.63, 3.8) is 0 Å². The van der Waals surface area contributed by atoms with Gasteiger partial charge in [-0.1, -0.05) is 12.2 Å². The fourth-order valence-corrected chi connectivity index (χ4v) is 3.61. The summed E-state index contributed by atoms with van der Waals surface area (Å²) in [6.07, 6.45) is 2.54. The molecule has 0 amide bonds. The molecule has 0 aliphatic heterocycles. The highest BCUT2D eigenvalue weighted by molar-refractivity contribution is 5.81. The third-order valence-corrected chi connectivity index (χ3v) is 4.65. The molecule has 5 atom stereocenters. The van der Waals surface area contributed by atoms with Crippen molar-refractivity contribution in [2.24, 2.45) is 17.8 Å². The fraction of sp³-hybridized carbons (Fsp3) is 0.462. The van der Waals surface area contributed by atoms with Crippen molar-refractivity contribution >= 4 is 17.0 Å². The number of nitrogen functional groups attached to an aromatic ring is 1. The van der Waals surface area contributed by atoms with Gasteiger partial charge in [-0.15, -0.1) is 0 Å². The Labute approximate surface area is 114 Å². The van der Waals surface area contributed by atoms with Crippen LogP contribution in [-0.2, 0) is 0 Å². The molecular weight excluding hydrogens is 258 g/mol. The molecule has 2 aliphatic rings. The molecule has 4 N–H and O–H groups in total. The molecule has 104 valence electrons. The molecule has 2 aliphatic carbocycles. The summed E-state index contributed by atoms with van der Waals surface area (Å²) in [5.41, 5.74) is 7.95. The first-order chi connectivity index (χ1) is 9.65. The summed E-state index contributed by atoms with van der Waals surface area (Å²) in [5, 5.41) is 19.5. The third-order valence-electron chi connectivity index (χ3n) is 4.65. The van der Waals surface area contributed by atoms with Gasteiger partial charge in [0.15, 0.2) is 11.5 Å². The van der Waals surface area contributed by atoms with Gasteiger partial charge in [0, 0.05) is 23.8 Å². The van der Waals surface area contributed by atoms with Crippen molar-refractivity contribution < 1.29 is 10.2 Å². The Morgan fingerprint density at radius 2 is 2.15 bits per heavy atom. The second kappa shape index (κ2) is 3.77. The maximum Gasteiger partial charge on any atom is 0.165 e. The SMILES string of the molecule is C=C1C2[C@H](C(O)[C@H]1CO)[C@@H]2n1cnc2c(N)ncnc21. The summed E-state index contributed by atoms with van der Waals surface area (Å²) in [6.45, 7) is 3.97. The Bertz CT molecular complexity index is 712. The standard InChI is InChI=1S/C13H15N5O2/c1-5-6(2-19)11(20)8-7(5)10(8)18-4-17-9-12(14)15-3-16-13(9)18/h3-4,6-8,10-11,19-20H,1-2H2,(H2,14,15,16)/t6-,7?,8-,10+,11?/m0/s1. The van der Waals surface area contributed by atoms with Crippen LogP contribution in [0.2, 0.25) is 0 Å². The van der Waals surface area contributed by atoms with E-state index >= 15 is 0 Å². The lowest BCUT2D eigenvalue weighted by Crippen LogP contribution is -2.25. The second-order valence-electron chi connectivity index (χ2n) is 5.53. The van der Waals surface area contributed by atoms with Gasteiger partial charge in [-0.2, -0.15) is 0 Å². The molecule has 2 saturated carbocycles. The number of anilines is 1. The monoisotopic (exact) mass is 273 g/mol. The number of fused-ring (bicyclic) bond motifs is 2. The smallest absolute Gasteiger partial charge is 0.165 e. The molecular formula is C13H15N5O2. The van der Waals surface area contributed by atoms with Crippen LogP contribution in [0.5, 0.6) is 0 Å². The molecule has 0 bridgehead atoms. The second-order valence-corrected chi connectivity index (χ2v) is 5.53. The zero-order chi connectivity index (χ0) is 14.0. The number of aliphatic hydroxyl groups excluding tert-OH is 2. The molecule has 7 nitrogen and oxygen atoms in total. The normalized spacial score (nSPS) is 35.5. The summed E-state index contributed by atoms with van der Waals surface area (Å²) in [5.74, 6) is 0.395. The highest BCUT2D eigenvalue weighted by atomic mass is 16.3. The minimum absolute atomic E-state index is 0.0560. The molecule has 0 aromatic carbocycles. The first-order valence-electron chi connectivity index (χ1n) is 6.55. The van der Waals surface area contributed by atoms with E-state index in [1.54, 1.807) is 6.33 Å². The van der Waals surface area contributed by atoms with Crippen LogP contribution in [0, 0.1) is 17.8 Å². The number of imidazole rings is 1. The highest BCUT2D eigenvalue weighted by Crippen LogP contribution is 2.64. The topological polar surface area (TPSA) is 110 Å². The molecule has 0 spiro atoms. The number of aromatic nitrogens is 4. The van der Waals surface area contributed by atoms with E-state index in [-0.39, 0.29) is 30.4 Å². The lowest BCUT2D eigenvalue weighted by molar-refractivity contribution is 0.0788. The molecule has 7 heteroatoms. The number of nitrogens with zero attached hydrogens (tertiary/aromatic N) is 4. The van der Waals surface area contributed by atoms with Gasteiger partial charge in [-0.25, -0.2) is 15.0 Å². The fourth-order valence-electron chi connectivity index (χ4n) is 3.61. The van der Waals surface area contributed by atoms with Crippen LogP contribution in [0.1, 0.15) is 6.04 Å². The molecule has 0 radical (unpaired) electrons. The average molecular weight is 273 g/mol. The van der Waals surface area contributed by atoms with Gasteiger partial charge in [-0.3, -0.25) is 0 Å². The Balaban J connectivity index is 1.74. The van der Waals surface area contributed by atoms with Crippen molar-refractivity contribution in [3.05, 3.63) is 24.8 Å². The van der Waals surface area contributed by atoms with Gasteiger partial charge < -0.3 is 20.5 Å². The van der Waals surface area contributed by atoms with E-state index < -0.39 is 6.10 Å². The summed E-state index contributed by atoms with van der Waals surface area (Å²) < 4.78 is 1.94. The van der Waals surface area contributed by atoms with Gasteiger partial charge in [0.25, 0.3) is 0 Å². The van der Waals surface area contributed by atoms with Gasteiger partial charge in [0.1, 0.15) is 11.8 Å². The Morgan fingerprint density at radius 1 is 1.35 bits per heavy atom. The lowest BCUT2D eigenvalue weighted by Gasteiger charge is -2.19. The number of hydrogen-bond acceptors (Lipinski definition) is 6. The number of rotatable bonds is 2. The van der Waals surface area contributed by atoms with E-state index in [4.69, 9.17) is 5.73 Å². The molecule has 2 aromatic heterocycles. The molecule has 2 aromatic rings. The zero-order valence-electron chi connectivity index (χ0n) is 10.7. The van der Waals surface area contributed by atoms with Crippen molar-refractivity contribution in [2.75, 3.05) is 12.3 Å². The molecule has 0 saturated heterocycles. The average Bonchev–Trinajstić information content (AvgIpc) is 2.93. The van der Waals surface area contributed by atoms with E-state index in [1.807, 2.05) is 4.57 Å². The summed E-state index contributed by atoms with van der Waals surface area (Å²) in [4.78, 5) is 12.4. The van der Waals surface area contributed by atoms with E-state index in [9.17, 15) is 10.2 Å². The van der Waals surface area contributed by atoms with Crippen LogP contribution in [0.15, 0.2) is 24.8 Å². The summed E-state index contributed by atoms with van der Waals surface area (Å²) in [6, 6.07) is 0.0969. The number of hydrogen-bond donors (Lipinski definition) is 3. The molecule has 2 heterocycles. The maximum absolute atomic E-state index is 10.3. The molecule has 4 rings (SSSR count). The van der Waals surface area contributed by atoms with Crippen LogP contribution >= 0.6 is 0 Å². The zero-order valence-corrected chi connectivity index (χ0v) is 10.7. The summed E-state index contributed by atoms with van der Waals surface area (Å²) in [7, 11) is 0. The van der Waals surface area contributed by atoms with Gasteiger partial charge in [0.2, 0.25) is 0 Å². The van der Waals surface area contributed by atoms with Crippen molar-refractivity contribution in [2.45, 2.75) is 12.1 Å². The predicted molar refractivity (Wildman–Crippen MR) is 71.5 cm³/mol. The van der Waals surface area contributed by atoms with Crippen LogP contribution in [-0.4, -0.2) is 42.4 Å². The number of nitrogens with two attached hydrogens (primary N) is 1. The summed E-state index contributed by atoms with van der Waals surface area (Å²) >= 11 is 0. The van der Waals surface area contributed by atoms with E-state index in [2.05, 4.69) is 21.5 Å². The van der Waals surface area contributed by atoms with Crippen LogP contribution < -0.4 is 5.73 Å². The van der Waals surface area contributed by atoms with Gasteiger partial charge in [0.05, 0.1) is 19.0 Å². The quantitative estimate of drug-likeness (QED) is 0.650.